The highest BCUT2D eigenvalue weighted by molar-refractivity contribution is 8.35. The molecule has 1 heterocycles. The quantitative estimate of drug-likeness (QED) is 0.618. The van der Waals surface area contributed by atoms with E-state index in [1.165, 1.54) is 5.70 Å². The Bertz CT molecular complexity index is 216. The summed E-state index contributed by atoms with van der Waals surface area (Å²) in [7, 11) is 1.37. The van der Waals surface area contributed by atoms with Crippen molar-refractivity contribution >= 4 is 10.0 Å². The molecule has 1 aliphatic heterocycles. The van der Waals surface area contributed by atoms with Gasteiger partial charge in [-0.05, 0) is 24.0 Å². The molecule has 0 bridgehead atoms. The minimum atomic E-state index is -0.558. The number of nitrogens with one attached hydrogen (secondary N) is 1. The van der Waals surface area contributed by atoms with E-state index in [0.29, 0.717) is 0 Å². The summed E-state index contributed by atoms with van der Waals surface area (Å²) in [5, 5.41) is 5.37. The number of hydrogen-bond acceptors (Lipinski definition) is 2. The van der Waals surface area contributed by atoms with Crippen LogP contribution >= 0.6 is 10.0 Å². The zero-order chi connectivity index (χ0) is 8.48. The predicted molar refractivity (Wildman–Crippen MR) is 53.7 cm³/mol. The Morgan fingerprint density at radius 1 is 1.55 bits per heavy atom. The van der Waals surface area contributed by atoms with Crippen molar-refractivity contribution in [2.24, 2.45) is 5.73 Å². The van der Waals surface area contributed by atoms with E-state index in [4.69, 9.17) is 5.73 Å². The summed E-state index contributed by atoms with van der Waals surface area (Å²) >= 11 is 0. The summed E-state index contributed by atoms with van der Waals surface area (Å²) in [5.74, 6) is 1.09. The van der Waals surface area contributed by atoms with E-state index in [1.54, 1.807) is 0 Å². The van der Waals surface area contributed by atoms with Crippen LogP contribution in [0.5, 0.6) is 0 Å². The number of nitrogens with two attached hydrogens (primary N) is 1. The van der Waals surface area contributed by atoms with E-state index < -0.39 is 10.0 Å². The van der Waals surface area contributed by atoms with Crippen LogP contribution in [0.2, 0.25) is 0 Å². The Labute approximate surface area is 69.9 Å². The van der Waals surface area contributed by atoms with Crippen molar-refractivity contribution < 1.29 is 0 Å². The lowest BCUT2D eigenvalue weighted by Gasteiger charge is -2.31. The van der Waals surface area contributed by atoms with Crippen LogP contribution in [0.4, 0.5) is 0 Å². The molecule has 3 N–H and O–H groups in total. The van der Waals surface area contributed by atoms with Crippen molar-refractivity contribution in [3.63, 3.8) is 0 Å². The average molecular weight is 172 g/mol. The fourth-order valence-electron chi connectivity index (χ4n) is 1.08. The molecule has 0 aromatic rings. The van der Waals surface area contributed by atoms with Crippen LogP contribution < -0.4 is 11.1 Å². The zero-order valence-corrected chi connectivity index (χ0v) is 8.16. The molecule has 0 saturated heterocycles. The molecule has 0 atom stereocenters. The Hall–Kier alpha value is -0.570. The van der Waals surface area contributed by atoms with Crippen LogP contribution in [0.25, 0.3) is 0 Å². The van der Waals surface area contributed by atoms with Crippen molar-refractivity contribution in [2.45, 2.75) is 0 Å². The lowest BCUT2D eigenvalue weighted by molar-refractivity contribution is 0.964. The summed E-state index contributed by atoms with van der Waals surface area (Å²) in [6.45, 7) is 0. The standard InChI is InChI=1S/C8H16N2S/c1-10-8-6-11(2,3)5-4-7(8)9/h4-5,10H,6,9H2,1-3H3. The van der Waals surface area contributed by atoms with Gasteiger partial charge in [-0.2, -0.15) is 0 Å². The maximum atomic E-state index is 5.75. The lowest BCUT2D eigenvalue weighted by Crippen LogP contribution is -2.21. The number of rotatable bonds is 1. The van der Waals surface area contributed by atoms with Crippen molar-refractivity contribution in [1.29, 1.82) is 0 Å². The Balaban J connectivity index is 2.84. The van der Waals surface area contributed by atoms with Crippen molar-refractivity contribution in [3.8, 4) is 0 Å². The summed E-state index contributed by atoms with van der Waals surface area (Å²) in [6.07, 6.45) is 6.59. The van der Waals surface area contributed by atoms with Gasteiger partial charge in [0.05, 0.1) is 5.70 Å². The van der Waals surface area contributed by atoms with Gasteiger partial charge in [0.15, 0.2) is 0 Å². The van der Waals surface area contributed by atoms with E-state index in [0.717, 1.165) is 11.4 Å². The smallest absolute Gasteiger partial charge is 0.0519 e. The summed E-state index contributed by atoms with van der Waals surface area (Å²) < 4.78 is 0. The van der Waals surface area contributed by atoms with Crippen molar-refractivity contribution in [1.82, 2.24) is 5.32 Å². The van der Waals surface area contributed by atoms with Gasteiger partial charge in [0.1, 0.15) is 0 Å². The Kier molecular flexibility index (Phi) is 2.18. The molecule has 0 amide bonds. The van der Waals surface area contributed by atoms with Gasteiger partial charge >= 0.3 is 0 Å². The van der Waals surface area contributed by atoms with Crippen LogP contribution in [-0.2, 0) is 0 Å². The Morgan fingerprint density at radius 3 is 2.64 bits per heavy atom. The normalized spacial score (nSPS) is 25.0. The van der Waals surface area contributed by atoms with Crippen molar-refractivity contribution in [3.05, 3.63) is 22.9 Å². The highest BCUT2D eigenvalue weighted by Gasteiger charge is 2.15. The van der Waals surface area contributed by atoms with E-state index in [-0.39, 0.29) is 0 Å². The summed E-state index contributed by atoms with van der Waals surface area (Å²) in [6, 6.07) is 0. The van der Waals surface area contributed by atoms with Crippen LogP contribution in [-0.4, -0.2) is 25.3 Å². The van der Waals surface area contributed by atoms with Crippen LogP contribution in [0.15, 0.2) is 22.9 Å². The molecule has 0 spiro atoms. The monoisotopic (exact) mass is 172 g/mol. The first kappa shape index (κ1) is 8.53. The molecule has 64 valence electrons. The van der Waals surface area contributed by atoms with Gasteiger partial charge in [0, 0.05) is 18.5 Å². The second-order valence-corrected chi connectivity index (χ2v) is 7.06. The van der Waals surface area contributed by atoms with Gasteiger partial charge in [-0.3, -0.25) is 0 Å². The van der Waals surface area contributed by atoms with Crippen LogP contribution in [0, 0.1) is 0 Å². The second kappa shape index (κ2) is 2.81. The van der Waals surface area contributed by atoms with Gasteiger partial charge in [-0.1, -0.05) is 0 Å². The number of hydrogen-bond donors (Lipinski definition) is 2. The maximum Gasteiger partial charge on any atom is 0.0519 e. The molecule has 0 aromatic heterocycles. The van der Waals surface area contributed by atoms with Gasteiger partial charge in [0.2, 0.25) is 0 Å². The van der Waals surface area contributed by atoms with Crippen LogP contribution in [0.3, 0.4) is 0 Å². The average Bonchev–Trinajstić information content (AvgIpc) is 1.94. The molecule has 0 aliphatic carbocycles. The fraction of sp³-hybridized carbons (Fsp3) is 0.500. The molecular weight excluding hydrogens is 156 g/mol. The third-order valence-corrected chi connectivity index (χ3v) is 3.69. The molecule has 1 aliphatic rings. The molecule has 1 rings (SSSR count). The summed E-state index contributed by atoms with van der Waals surface area (Å²) in [4.78, 5) is 0. The van der Waals surface area contributed by atoms with E-state index in [2.05, 4.69) is 23.2 Å². The number of allylic oxidation sites excluding steroid dienone is 1. The molecule has 2 nitrogen and oxygen atoms in total. The minimum absolute atomic E-state index is 0.558. The third-order valence-electron chi connectivity index (χ3n) is 1.78. The highest BCUT2D eigenvalue weighted by atomic mass is 32.3. The van der Waals surface area contributed by atoms with E-state index in [9.17, 15) is 0 Å². The molecule has 0 fully saturated rings. The predicted octanol–water partition coefficient (Wildman–Crippen LogP) is 0.968. The van der Waals surface area contributed by atoms with Gasteiger partial charge in [-0.15, -0.1) is 0 Å². The van der Waals surface area contributed by atoms with E-state index >= 15 is 0 Å². The molecule has 0 radical (unpaired) electrons. The largest absolute Gasteiger partial charge is 0.397 e. The van der Waals surface area contributed by atoms with Crippen LogP contribution in [0.1, 0.15) is 0 Å². The molecular formula is C8H16N2S. The highest BCUT2D eigenvalue weighted by Crippen LogP contribution is 2.45. The zero-order valence-electron chi connectivity index (χ0n) is 7.35. The molecule has 0 saturated carbocycles. The lowest BCUT2D eigenvalue weighted by atomic mass is 10.3. The second-order valence-electron chi connectivity index (χ2n) is 3.25. The van der Waals surface area contributed by atoms with E-state index in [1.807, 2.05) is 13.1 Å². The first-order chi connectivity index (χ1) is 5.05. The first-order valence-electron chi connectivity index (χ1n) is 3.61. The van der Waals surface area contributed by atoms with Gasteiger partial charge in [0.25, 0.3) is 0 Å². The third kappa shape index (κ3) is 1.93. The SMILES string of the molecule is CNC1=C(N)C=CS(C)(C)C1. The molecule has 3 heteroatoms. The summed E-state index contributed by atoms with van der Waals surface area (Å²) in [5.41, 5.74) is 7.83. The Morgan fingerprint density at radius 2 is 2.18 bits per heavy atom. The molecule has 0 aromatic carbocycles. The maximum absolute atomic E-state index is 5.75. The molecule has 0 unspecified atom stereocenters. The topological polar surface area (TPSA) is 38.0 Å². The molecule has 11 heavy (non-hydrogen) atoms. The first-order valence-corrected chi connectivity index (χ1v) is 6.29. The minimum Gasteiger partial charge on any atom is -0.397 e. The van der Waals surface area contributed by atoms with Crippen molar-refractivity contribution in [2.75, 3.05) is 25.3 Å². The van der Waals surface area contributed by atoms with Gasteiger partial charge in [-0.25, -0.2) is 10.0 Å². The fourth-order valence-corrected chi connectivity index (χ4v) is 2.74. The van der Waals surface area contributed by atoms with Gasteiger partial charge < -0.3 is 11.1 Å².